The van der Waals surface area contributed by atoms with Gasteiger partial charge in [-0.3, -0.25) is 20.4 Å². The van der Waals surface area contributed by atoms with Crippen molar-refractivity contribution in [2.45, 2.75) is 13.0 Å². The first-order chi connectivity index (χ1) is 11.5. The molecular weight excluding hydrogens is 374 g/mol. The van der Waals surface area contributed by atoms with Crippen LogP contribution in [0.25, 0.3) is 0 Å². The summed E-state index contributed by atoms with van der Waals surface area (Å²) in [5, 5.41) is 8.72. The predicted octanol–water partition coefficient (Wildman–Crippen LogP) is 2.55. The largest absolute Gasteiger partial charge is 0.481 e. The molecule has 2 aromatic rings. The summed E-state index contributed by atoms with van der Waals surface area (Å²) in [5.74, 6) is -0.440. The number of nitrogens with one attached hydrogen (secondary N) is 2. The summed E-state index contributed by atoms with van der Waals surface area (Å²) in [6.45, 7) is 1.57. The third-order valence-electron chi connectivity index (χ3n) is 3.05. The molecule has 0 radical (unpaired) electrons. The van der Waals surface area contributed by atoms with Crippen molar-refractivity contribution in [3.63, 3.8) is 0 Å². The SMILES string of the molecule is C[C@H](Oc1cccc(Br)c1)C(=O)NNC(=O)c1ccc(C#N)cc1. The highest BCUT2D eigenvalue weighted by Gasteiger charge is 2.16. The molecule has 0 heterocycles. The fraction of sp³-hybridized carbons (Fsp3) is 0.118. The summed E-state index contributed by atoms with van der Waals surface area (Å²) >= 11 is 3.32. The molecule has 0 aliphatic heterocycles. The number of carbonyl (C=O) groups excluding carboxylic acids is 2. The number of hydrogen-bond acceptors (Lipinski definition) is 4. The first kappa shape index (κ1) is 17.5. The summed E-state index contributed by atoms with van der Waals surface area (Å²) < 4.78 is 6.33. The first-order valence-corrected chi connectivity index (χ1v) is 7.81. The van der Waals surface area contributed by atoms with Crippen LogP contribution in [-0.4, -0.2) is 17.9 Å². The van der Waals surface area contributed by atoms with E-state index >= 15 is 0 Å². The van der Waals surface area contributed by atoms with E-state index in [2.05, 4.69) is 26.8 Å². The Labute approximate surface area is 147 Å². The molecule has 24 heavy (non-hydrogen) atoms. The molecule has 2 N–H and O–H groups in total. The number of halogens is 1. The lowest BCUT2D eigenvalue weighted by Crippen LogP contribution is -2.47. The van der Waals surface area contributed by atoms with Gasteiger partial charge in [0.05, 0.1) is 11.6 Å². The molecular formula is C17H14BrN3O3. The van der Waals surface area contributed by atoms with Gasteiger partial charge in [-0.2, -0.15) is 5.26 Å². The van der Waals surface area contributed by atoms with Crippen LogP contribution in [0, 0.1) is 11.3 Å². The number of ether oxygens (including phenoxy) is 1. The van der Waals surface area contributed by atoms with E-state index in [1.165, 1.54) is 24.3 Å². The third-order valence-corrected chi connectivity index (χ3v) is 3.55. The molecule has 0 aliphatic carbocycles. The smallest absolute Gasteiger partial charge is 0.279 e. The molecule has 7 heteroatoms. The lowest BCUT2D eigenvalue weighted by Gasteiger charge is -2.15. The van der Waals surface area contributed by atoms with Crippen LogP contribution in [0.3, 0.4) is 0 Å². The molecule has 2 rings (SSSR count). The van der Waals surface area contributed by atoms with E-state index in [-0.39, 0.29) is 0 Å². The van der Waals surface area contributed by atoms with Crippen molar-refractivity contribution in [3.05, 3.63) is 64.1 Å². The van der Waals surface area contributed by atoms with E-state index in [4.69, 9.17) is 10.00 Å². The lowest BCUT2D eigenvalue weighted by molar-refractivity contribution is -0.128. The Balaban J connectivity index is 1.87. The van der Waals surface area contributed by atoms with E-state index in [1.807, 2.05) is 12.1 Å². The van der Waals surface area contributed by atoms with Crippen LogP contribution in [0.2, 0.25) is 0 Å². The summed E-state index contributed by atoms with van der Waals surface area (Å²) in [4.78, 5) is 23.9. The van der Waals surface area contributed by atoms with E-state index in [9.17, 15) is 9.59 Å². The number of nitriles is 1. The van der Waals surface area contributed by atoms with Crippen LogP contribution < -0.4 is 15.6 Å². The quantitative estimate of drug-likeness (QED) is 0.788. The van der Waals surface area contributed by atoms with Gasteiger partial charge in [0, 0.05) is 10.0 Å². The molecule has 0 saturated heterocycles. The van der Waals surface area contributed by atoms with Gasteiger partial charge in [-0.15, -0.1) is 0 Å². The summed E-state index contributed by atoms with van der Waals surface area (Å²) in [6, 6.07) is 15.1. The standard InChI is InChI=1S/C17H14BrN3O3/c1-11(24-15-4-2-3-14(18)9-15)16(22)20-21-17(23)13-7-5-12(10-19)6-8-13/h2-9,11H,1H3,(H,20,22)(H,21,23)/t11-/m0/s1. The van der Waals surface area contributed by atoms with Crippen LogP contribution in [0.5, 0.6) is 5.75 Å². The van der Waals surface area contributed by atoms with Gasteiger partial charge in [0.2, 0.25) is 0 Å². The number of hydrogen-bond donors (Lipinski definition) is 2. The van der Waals surface area contributed by atoms with Crippen molar-refractivity contribution in [1.29, 1.82) is 5.26 Å². The van der Waals surface area contributed by atoms with Gasteiger partial charge < -0.3 is 4.74 Å². The van der Waals surface area contributed by atoms with E-state index in [0.29, 0.717) is 16.9 Å². The van der Waals surface area contributed by atoms with E-state index in [1.54, 1.807) is 25.1 Å². The maximum atomic E-state index is 12.0. The van der Waals surface area contributed by atoms with Gasteiger partial charge in [-0.1, -0.05) is 22.0 Å². The summed E-state index contributed by atoms with van der Waals surface area (Å²) in [7, 11) is 0. The molecule has 0 saturated carbocycles. The molecule has 2 amide bonds. The molecule has 122 valence electrons. The van der Waals surface area contributed by atoms with Gasteiger partial charge in [0.25, 0.3) is 11.8 Å². The molecule has 0 unspecified atom stereocenters. The Kier molecular flexibility index (Phi) is 5.93. The fourth-order valence-corrected chi connectivity index (χ4v) is 2.16. The second-order valence-electron chi connectivity index (χ2n) is 4.85. The minimum Gasteiger partial charge on any atom is -0.481 e. The van der Waals surface area contributed by atoms with Gasteiger partial charge in [-0.25, -0.2) is 0 Å². The second-order valence-corrected chi connectivity index (χ2v) is 5.77. The molecule has 0 aromatic heterocycles. The molecule has 0 spiro atoms. The predicted molar refractivity (Wildman–Crippen MR) is 91.0 cm³/mol. The van der Waals surface area contributed by atoms with Crippen molar-refractivity contribution >= 4 is 27.7 Å². The Hall–Kier alpha value is -2.85. The second kappa shape index (κ2) is 8.13. The van der Waals surface area contributed by atoms with Gasteiger partial charge in [0.1, 0.15) is 5.75 Å². The van der Waals surface area contributed by atoms with E-state index in [0.717, 1.165) is 4.47 Å². The number of rotatable bonds is 4. The molecule has 0 aliphatic rings. The van der Waals surface area contributed by atoms with Crippen molar-refractivity contribution < 1.29 is 14.3 Å². The van der Waals surface area contributed by atoms with Gasteiger partial charge >= 0.3 is 0 Å². The Bertz CT molecular complexity index is 784. The molecule has 6 nitrogen and oxygen atoms in total. The molecule has 1 atom stereocenters. The number of carbonyl (C=O) groups is 2. The number of hydrazine groups is 1. The molecule has 0 fully saturated rings. The van der Waals surface area contributed by atoms with Crippen LogP contribution in [0.4, 0.5) is 0 Å². The Morgan fingerprint density at radius 3 is 2.50 bits per heavy atom. The maximum Gasteiger partial charge on any atom is 0.279 e. The van der Waals surface area contributed by atoms with Crippen molar-refractivity contribution in [3.8, 4) is 11.8 Å². The monoisotopic (exact) mass is 387 g/mol. The fourth-order valence-electron chi connectivity index (χ4n) is 1.79. The highest BCUT2D eigenvalue weighted by Crippen LogP contribution is 2.18. The summed E-state index contributed by atoms with van der Waals surface area (Å²) in [6.07, 6.45) is -0.791. The van der Waals surface area contributed by atoms with Crippen LogP contribution >= 0.6 is 15.9 Å². The van der Waals surface area contributed by atoms with Crippen molar-refractivity contribution in [2.24, 2.45) is 0 Å². The molecule has 0 bridgehead atoms. The van der Waals surface area contributed by atoms with E-state index < -0.39 is 17.9 Å². The Morgan fingerprint density at radius 2 is 1.88 bits per heavy atom. The normalized spacial score (nSPS) is 11.0. The zero-order valence-electron chi connectivity index (χ0n) is 12.7. The number of amides is 2. The third kappa shape index (κ3) is 4.83. The van der Waals surface area contributed by atoms with Gasteiger partial charge in [-0.05, 0) is 49.4 Å². The minimum atomic E-state index is -0.791. The average molecular weight is 388 g/mol. The minimum absolute atomic E-state index is 0.329. The first-order valence-electron chi connectivity index (χ1n) is 7.02. The highest BCUT2D eigenvalue weighted by molar-refractivity contribution is 9.10. The number of nitrogens with zero attached hydrogens (tertiary/aromatic N) is 1. The maximum absolute atomic E-state index is 12.0. The topological polar surface area (TPSA) is 91.2 Å². The number of benzene rings is 2. The lowest BCUT2D eigenvalue weighted by atomic mass is 10.1. The highest BCUT2D eigenvalue weighted by atomic mass is 79.9. The van der Waals surface area contributed by atoms with Crippen LogP contribution in [0.15, 0.2) is 53.0 Å². The summed E-state index contributed by atoms with van der Waals surface area (Å²) in [5.41, 5.74) is 5.39. The Morgan fingerprint density at radius 1 is 1.17 bits per heavy atom. The zero-order valence-corrected chi connectivity index (χ0v) is 14.3. The van der Waals surface area contributed by atoms with Crippen molar-refractivity contribution in [2.75, 3.05) is 0 Å². The zero-order chi connectivity index (χ0) is 17.5. The van der Waals surface area contributed by atoms with Crippen LogP contribution in [-0.2, 0) is 4.79 Å². The van der Waals surface area contributed by atoms with Gasteiger partial charge in [0.15, 0.2) is 6.10 Å². The van der Waals surface area contributed by atoms with Crippen molar-refractivity contribution in [1.82, 2.24) is 10.9 Å². The average Bonchev–Trinajstić information content (AvgIpc) is 2.59. The van der Waals surface area contributed by atoms with Crippen LogP contribution in [0.1, 0.15) is 22.8 Å². The molecule has 2 aromatic carbocycles.